The Morgan fingerprint density at radius 3 is 2.22 bits per heavy atom. The van der Waals surface area contributed by atoms with Crippen molar-refractivity contribution >= 4 is 23.3 Å². The van der Waals surface area contributed by atoms with Gasteiger partial charge < -0.3 is 24.4 Å². The third-order valence-corrected chi connectivity index (χ3v) is 4.66. The summed E-state index contributed by atoms with van der Waals surface area (Å²) in [5.74, 6) is 0.291. The van der Waals surface area contributed by atoms with Gasteiger partial charge in [-0.1, -0.05) is 36.4 Å². The standard InChI is InChI=1S/C25H26N2O5/c1-27(16-19-8-6-7-11-23(19)30-2)24(28)17-32-25(29)18-31-22-14-12-21(13-15-22)26-20-9-4-3-5-10-20/h3-15,26H,16-18H2,1-2H3. The molecule has 0 aromatic heterocycles. The molecule has 3 aromatic rings. The van der Waals surface area contributed by atoms with Crippen molar-refractivity contribution in [1.29, 1.82) is 0 Å². The van der Waals surface area contributed by atoms with Gasteiger partial charge in [0.25, 0.3) is 5.91 Å². The Kier molecular flexibility index (Phi) is 8.09. The van der Waals surface area contributed by atoms with Gasteiger partial charge in [0.2, 0.25) is 0 Å². The lowest BCUT2D eigenvalue weighted by Gasteiger charge is -2.18. The number of anilines is 2. The molecule has 1 amide bonds. The van der Waals surface area contributed by atoms with E-state index in [2.05, 4.69) is 5.32 Å². The molecule has 0 fully saturated rings. The zero-order valence-corrected chi connectivity index (χ0v) is 18.1. The Bertz CT molecular complexity index is 1020. The third-order valence-electron chi connectivity index (χ3n) is 4.66. The molecule has 0 bridgehead atoms. The summed E-state index contributed by atoms with van der Waals surface area (Å²) >= 11 is 0. The quantitative estimate of drug-likeness (QED) is 0.486. The largest absolute Gasteiger partial charge is 0.496 e. The molecular weight excluding hydrogens is 408 g/mol. The number of para-hydroxylation sites is 2. The number of carbonyl (C=O) groups is 2. The number of carbonyl (C=O) groups excluding carboxylic acids is 2. The maximum absolute atomic E-state index is 12.3. The molecule has 0 aliphatic heterocycles. The molecule has 3 aromatic carbocycles. The molecule has 166 valence electrons. The van der Waals surface area contributed by atoms with Crippen molar-refractivity contribution in [2.24, 2.45) is 0 Å². The molecule has 0 aliphatic carbocycles. The topological polar surface area (TPSA) is 77.1 Å². The summed E-state index contributed by atoms with van der Waals surface area (Å²) in [5.41, 5.74) is 2.74. The van der Waals surface area contributed by atoms with Gasteiger partial charge in [0, 0.05) is 30.5 Å². The maximum Gasteiger partial charge on any atom is 0.344 e. The molecular formula is C25H26N2O5. The summed E-state index contributed by atoms with van der Waals surface area (Å²) in [7, 11) is 3.22. The Hall–Kier alpha value is -4.00. The first-order valence-corrected chi connectivity index (χ1v) is 10.1. The average Bonchev–Trinajstić information content (AvgIpc) is 2.83. The molecule has 0 radical (unpaired) electrons. The fourth-order valence-corrected chi connectivity index (χ4v) is 2.94. The zero-order valence-electron chi connectivity index (χ0n) is 18.1. The fraction of sp³-hybridized carbons (Fsp3) is 0.200. The number of hydrogen-bond donors (Lipinski definition) is 1. The van der Waals surface area contributed by atoms with Crippen LogP contribution in [0.2, 0.25) is 0 Å². The number of ether oxygens (including phenoxy) is 3. The van der Waals surface area contributed by atoms with Gasteiger partial charge in [-0.3, -0.25) is 4.79 Å². The predicted molar refractivity (Wildman–Crippen MR) is 122 cm³/mol. The molecule has 0 unspecified atom stereocenters. The lowest BCUT2D eigenvalue weighted by atomic mass is 10.2. The van der Waals surface area contributed by atoms with Crippen LogP contribution in [0.1, 0.15) is 5.56 Å². The fourth-order valence-electron chi connectivity index (χ4n) is 2.94. The molecule has 7 heteroatoms. The van der Waals surface area contributed by atoms with Crippen LogP contribution in [0.3, 0.4) is 0 Å². The van der Waals surface area contributed by atoms with Crippen LogP contribution in [0.4, 0.5) is 11.4 Å². The maximum atomic E-state index is 12.3. The number of methoxy groups -OCH3 is 1. The van der Waals surface area contributed by atoms with Gasteiger partial charge in [0.1, 0.15) is 11.5 Å². The van der Waals surface area contributed by atoms with Crippen molar-refractivity contribution in [2.75, 3.05) is 32.7 Å². The second-order valence-corrected chi connectivity index (χ2v) is 7.03. The van der Waals surface area contributed by atoms with Gasteiger partial charge in [-0.2, -0.15) is 0 Å². The second kappa shape index (κ2) is 11.4. The minimum absolute atomic E-state index is 0.283. The zero-order chi connectivity index (χ0) is 22.8. The van der Waals surface area contributed by atoms with E-state index in [1.54, 1.807) is 26.3 Å². The number of rotatable bonds is 10. The van der Waals surface area contributed by atoms with E-state index in [1.807, 2.05) is 66.7 Å². The highest BCUT2D eigenvalue weighted by Crippen LogP contribution is 2.20. The second-order valence-electron chi connectivity index (χ2n) is 7.03. The molecule has 0 aliphatic rings. The first-order chi connectivity index (χ1) is 15.5. The van der Waals surface area contributed by atoms with Gasteiger partial charge in [0.15, 0.2) is 13.2 Å². The highest BCUT2D eigenvalue weighted by atomic mass is 16.6. The molecule has 1 N–H and O–H groups in total. The monoisotopic (exact) mass is 434 g/mol. The number of benzene rings is 3. The molecule has 0 saturated carbocycles. The summed E-state index contributed by atoms with van der Waals surface area (Å²) < 4.78 is 15.8. The summed E-state index contributed by atoms with van der Waals surface area (Å²) in [6, 6.07) is 24.4. The molecule has 0 heterocycles. The Balaban J connectivity index is 1.40. The average molecular weight is 434 g/mol. The number of amides is 1. The SMILES string of the molecule is COc1ccccc1CN(C)C(=O)COC(=O)COc1ccc(Nc2ccccc2)cc1. The first kappa shape index (κ1) is 22.7. The van der Waals surface area contributed by atoms with E-state index in [-0.39, 0.29) is 19.1 Å². The van der Waals surface area contributed by atoms with E-state index in [4.69, 9.17) is 14.2 Å². The number of nitrogens with one attached hydrogen (secondary N) is 1. The molecule has 32 heavy (non-hydrogen) atoms. The van der Waals surface area contributed by atoms with E-state index in [0.29, 0.717) is 18.0 Å². The van der Waals surface area contributed by atoms with Crippen LogP contribution in [-0.4, -0.2) is 44.1 Å². The van der Waals surface area contributed by atoms with Gasteiger partial charge >= 0.3 is 5.97 Å². The van der Waals surface area contributed by atoms with Crippen molar-refractivity contribution in [3.63, 3.8) is 0 Å². The van der Waals surface area contributed by atoms with Gasteiger partial charge in [0.05, 0.1) is 7.11 Å². The van der Waals surface area contributed by atoms with Crippen molar-refractivity contribution in [1.82, 2.24) is 4.90 Å². The number of nitrogens with zero attached hydrogens (tertiary/aromatic N) is 1. The smallest absolute Gasteiger partial charge is 0.344 e. The highest BCUT2D eigenvalue weighted by Gasteiger charge is 2.14. The van der Waals surface area contributed by atoms with E-state index in [1.165, 1.54) is 4.90 Å². The minimum Gasteiger partial charge on any atom is -0.496 e. The van der Waals surface area contributed by atoms with E-state index in [0.717, 1.165) is 16.9 Å². The molecule has 0 spiro atoms. The van der Waals surface area contributed by atoms with Crippen molar-refractivity contribution in [3.05, 3.63) is 84.4 Å². The normalized spacial score (nSPS) is 10.2. The first-order valence-electron chi connectivity index (χ1n) is 10.1. The molecule has 3 rings (SSSR count). The third kappa shape index (κ3) is 6.77. The van der Waals surface area contributed by atoms with Crippen LogP contribution < -0.4 is 14.8 Å². The number of esters is 1. The Labute approximate surface area is 187 Å². The van der Waals surface area contributed by atoms with E-state index in [9.17, 15) is 9.59 Å². The van der Waals surface area contributed by atoms with Gasteiger partial charge in [-0.25, -0.2) is 4.79 Å². The Morgan fingerprint density at radius 1 is 0.844 bits per heavy atom. The summed E-state index contributed by atoms with van der Waals surface area (Å²) in [4.78, 5) is 25.7. The van der Waals surface area contributed by atoms with E-state index < -0.39 is 5.97 Å². The summed E-state index contributed by atoms with van der Waals surface area (Å²) in [6.07, 6.45) is 0. The Morgan fingerprint density at radius 2 is 1.50 bits per heavy atom. The molecule has 0 atom stereocenters. The van der Waals surface area contributed by atoms with E-state index >= 15 is 0 Å². The van der Waals surface area contributed by atoms with Gasteiger partial charge in [-0.05, 0) is 42.5 Å². The molecule has 7 nitrogen and oxygen atoms in total. The summed E-state index contributed by atoms with van der Waals surface area (Å²) in [5, 5.41) is 3.27. The lowest BCUT2D eigenvalue weighted by molar-refractivity contribution is -0.153. The van der Waals surface area contributed by atoms with Crippen molar-refractivity contribution in [3.8, 4) is 11.5 Å². The van der Waals surface area contributed by atoms with Crippen LogP contribution in [0.5, 0.6) is 11.5 Å². The van der Waals surface area contributed by atoms with Crippen LogP contribution in [0, 0.1) is 0 Å². The highest BCUT2D eigenvalue weighted by molar-refractivity contribution is 5.81. The van der Waals surface area contributed by atoms with Crippen LogP contribution >= 0.6 is 0 Å². The minimum atomic E-state index is -0.615. The van der Waals surface area contributed by atoms with Crippen LogP contribution in [0.25, 0.3) is 0 Å². The van der Waals surface area contributed by atoms with Crippen molar-refractivity contribution in [2.45, 2.75) is 6.54 Å². The summed E-state index contributed by atoms with van der Waals surface area (Å²) in [6.45, 7) is -0.289. The number of hydrogen-bond acceptors (Lipinski definition) is 6. The van der Waals surface area contributed by atoms with Gasteiger partial charge in [-0.15, -0.1) is 0 Å². The lowest BCUT2D eigenvalue weighted by Crippen LogP contribution is -2.31. The van der Waals surface area contributed by atoms with Crippen molar-refractivity contribution < 1.29 is 23.8 Å². The van der Waals surface area contributed by atoms with Crippen LogP contribution in [-0.2, 0) is 20.9 Å². The predicted octanol–water partition coefficient (Wildman–Crippen LogP) is 4.02. The number of likely N-dealkylation sites (N-methyl/N-ethyl adjacent to an activating group) is 1. The molecule has 0 saturated heterocycles. The van der Waals surface area contributed by atoms with Crippen LogP contribution in [0.15, 0.2) is 78.9 Å².